The van der Waals surface area contributed by atoms with Gasteiger partial charge in [-0.05, 0) is 12.1 Å². The Morgan fingerprint density at radius 2 is 2.00 bits per heavy atom. The number of rotatable bonds is 3. The number of hydrazine groups is 2. The summed E-state index contributed by atoms with van der Waals surface area (Å²) >= 11 is 4.82. The summed E-state index contributed by atoms with van der Waals surface area (Å²) in [5, 5.41) is 10.1. The normalized spacial score (nSPS) is 9.67. The van der Waals surface area contributed by atoms with Gasteiger partial charge in [0, 0.05) is 0 Å². The highest BCUT2D eigenvalue weighted by Crippen LogP contribution is 2.17. The maximum atomic E-state index is 11.9. The Kier molecular flexibility index (Phi) is 4.72. The molecule has 0 atom stereocenters. The fourth-order valence-electron chi connectivity index (χ4n) is 1.17. The Hall–Kier alpha value is -2.03. The monoisotopic (exact) mass is 268 g/mol. The standard InChI is InChI=1S/C10H12N4O3S/c11-13-8(16)5-9(18)14(12)10(17)6-3-1-2-4-7(6)15/h1-4,15H,5,11-12H2,(H,13,16). The van der Waals surface area contributed by atoms with Crippen molar-refractivity contribution in [2.24, 2.45) is 11.7 Å². The van der Waals surface area contributed by atoms with Crippen molar-refractivity contribution in [3.8, 4) is 5.75 Å². The van der Waals surface area contributed by atoms with Gasteiger partial charge in [0.1, 0.15) is 10.7 Å². The fraction of sp³-hybridized carbons (Fsp3) is 0.100. The van der Waals surface area contributed by atoms with E-state index in [0.717, 1.165) is 0 Å². The van der Waals surface area contributed by atoms with Gasteiger partial charge in [0.25, 0.3) is 5.91 Å². The molecule has 0 aliphatic carbocycles. The van der Waals surface area contributed by atoms with Crippen LogP contribution in [0.3, 0.4) is 0 Å². The second-order valence-electron chi connectivity index (χ2n) is 3.33. The molecule has 2 amide bonds. The molecule has 0 bridgehead atoms. The molecule has 0 unspecified atom stereocenters. The number of nitrogens with two attached hydrogens (primary N) is 2. The molecular formula is C10H12N4O3S. The lowest BCUT2D eigenvalue weighted by Crippen LogP contribution is -2.44. The third-order valence-corrected chi connectivity index (χ3v) is 2.44. The van der Waals surface area contributed by atoms with E-state index in [9.17, 15) is 14.7 Å². The summed E-state index contributed by atoms with van der Waals surface area (Å²) in [5.41, 5.74) is 1.87. The second-order valence-corrected chi connectivity index (χ2v) is 3.80. The van der Waals surface area contributed by atoms with Crippen LogP contribution in [-0.4, -0.2) is 26.9 Å². The highest BCUT2D eigenvalue weighted by atomic mass is 32.1. The molecule has 0 heterocycles. The summed E-state index contributed by atoms with van der Waals surface area (Å²) in [5.74, 6) is 8.87. The van der Waals surface area contributed by atoms with Gasteiger partial charge in [-0.15, -0.1) is 0 Å². The largest absolute Gasteiger partial charge is 0.507 e. The average Bonchev–Trinajstić information content (AvgIpc) is 2.37. The van der Waals surface area contributed by atoms with Crippen LogP contribution in [0.25, 0.3) is 0 Å². The molecule has 8 heteroatoms. The van der Waals surface area contributed by atoms with Gasteiger partial charge in [0.2, 0.25) is 5.91 Å². The quantitative estimate of drug-likeness (QED) is 0.252. The SMILES string of the molecule is NNC(=O)CC(=S)N(N)C(=O)c1ccccc1O. The van der Waals surface area contributed by atoms with E-state index in [1.807, 2.05) is 5.43 Å². The predicted octanol–water partition coefficient (Wildman–Crippen LogP) is -0.584. The van der Waals surface area contributed by atoms with Crippen molar-refractivity contribution in [2.45, 2.75) is 6.42 Å². The Morgan fingerprint density at radius 3 is 2.56 bits per heavy atom. The van der Waals surface area contributed by atoms with Crippen LogP contribution in [0.15, 0.2) is 24.3 Å². The maximum absolute atomic E-state index is 11.9. The first-order valence-electron chi connectivity index (χ1n) is 4.86. The first-order valence-corrected chi connectivity index (χ1v) is 5.27. The van der Waals surface area contributed by atoms with Gasteiger partial charge in [-0.3, -0.25) is 15.0 Å². The number of thiocarbonyl (C=S) groups is 1. The van der Waals surface area contributed by atoms with Crippen LogP contribution in [0.4, 0.5) is 0 Å². The van der Waals surface area contributed by atoms with Crippen molar-refractivity contribution >= 4 is 29.0 Å². The molecule has 0 aliphatic heterocycles. The number of carbonyl (C=O) groups is 2. The van der Waals surface area contributed by atoms with Crippen LogP contribution in [0.2, 0.25) is 0 Å². The first kappa shape index (κ1) is 14.0. The van der Waals surface area contributed by atoms with E-state index in [0.29, 0.717) is 5.01 Å². The van der Waals surface area contributed by atoms with Crippen LogP contribution in [0, 0.1) is 0 Å². The number of hydrogen-bond donors (Lipinski definition) is 4. The van der Waals surface area contributed by atoms with Crippen LogP contribution in [0.1, 0.15) is 16.8 Å². The molecule has 1 rings (SSSR count). The molecule has 7 nitrogen and oxygen atoms in total. The van der Waals surface area contributed by atoms with Gasteiger partial charge in [-0.25, -0.2) is 16.7 Å². The first-order chi connectivity index (χ1) is 8.47. The Bertz CT molecular complexity index is 492. The van der Waals surface area contributed by atoms with E-state index < -0.39 is 11.8 Å². The molecule has 1 aromatic rings. The van der Waals surface area contributed by atoms with Gasteiger partial charge >= 0.3 is 0 Å². The molecule has 0 aliphatic rings. The average molecular weight is 268 g/mol. The van der Waals surface area contributed by atoms with Crippen LogP contribution in [-0.2, 0) is 4.79 Å². The number of amides is 2. The number of nitrogens with one attached hydrogen (secondary N) is 1. The zero-order valence-electron chi connectivity index (χ0n) is 9.29. The number of phenols is 1. The maximum Gasteiger partial charge on any atom is 0.276 e. The summed E-state index contributed by atoms with van der Waals surface area (Å²) in [6.07, 6.45) is -0.290. The van der Waals surface area contributed by atoms with Gasteiger partial charge < -0.3 is 5.11 Å². The molecule has 1 aromatic carbocycles. The number of aromatic hydroxyl groups is 1. The highest BCUT2D eigenvalue weighted by Gasteiger charge is 2.20. The number of nitrogens with zero attached hydrogens (tertiary/aromatic N) is 1. The van der Waals surface area contributed by atoms with Crippen molar-refractivity contribution in [2.75, 3.05) is 0 Å². The molecule has 0 spiro atoms. The van der Waals surface area contributed by atoms with E-state index in [-0.39, 0.29) is 22.7 Å². The molecular weight excluding hydrogens is 256 g/mol. The molecule has 18 heavy (non-hydrogen) atoms. The van der Waals surface area contributed by atoms with Gasteiger partial charge in [0.05, 0.1) is 12.0 Å². The number of benzene rings is 1. The topological polar surface area (TPSA) is 122 Å². The number of para-hydroxylation sites is 1. The summed E-state index contributed by atoms with van der Waals surface area (Å²) in [4.78, 5) is 22.7. The summed E-state index contributed by atoms with van der Waals surface area (Å²) in [7, 11) is 0. The van der Waals surface area contributed by atoms with Crippen molar-refractivity contribution in [1.29, 1.82) is 0 Å². The zero-order chi connectivity index (χ0) is 13.7. The lowest BCUT2D eigenvalue weighted by atomic mass is 10.2. The highest BCUT2D eigenvalue weighted by molar-refractivity contribution is 7.80. The molecule has 0 aromatic heterocycles. The molecule has 0 fully saturated rings. The third-order valence-electron chi connectivity index (χ3n) is 2.09. The molecule has 0 radical (unpaired) electrons. The summed E-state index contributed by atoms with van der Waals surface area (Å²) in [6, 6.07) is 5.86. The van der Waals surface area contributed by atoms with E-state index in [2.05, 4.69) is 0 Å². The molecule has 6 N–H and O–H groups in total. The van der Waals surface area contributed by atoms with Gasteiger partial charge in [-0.1, -0.05) is 24.4 Å². The predicted molar refractivity (Wildman–Crippen MR) is 68.0 cm³/mol. The van der Waals surface area contributed by atoms with Gasteiger partial charge in [0.15, 0.2) is 0 Å². The van der Waals surface area contributed by atoms with Crippen LogP contribution < -0.4 is 17.1 Å². The molecule has 0 saturated heterocycles. The number of phenolic OH excluding ortho intramolecular Hbond substituents is 1. The molecule has 96 valence electrons. The second kappa shape index (κ2) is 6.05. The fourth-order valence-corrected chi connectivity index (χ4v) is 1.39. The summed E-state index contributed by atoms with van der Waals surface area (Å²) < 4.78 is 0. The van der Waals surface area contributed by atoms with E-state index >= 15 is 0 Å². The Labute approximate surface area is 108 Å². The van der Waals surface area contributed by atoms with Crippen molar-refractivity contribution in [3.05, 3.63) is 29.8 Å². The smallest absolute Gasteiger partial charge is 0.276 e. The van der Waals surface area contributed by atoms with E-state index in [1.54, 1.807) is 12.1 Å². The minimum Gasteiger partial charge on any atom is -0.507 e. The van der Waals surface area contributed by atoms with Crippen molar-refractivity contribution in [1.82, 2.24) is 10.4 Å². The van der Waals surface area contributed by atoms with E-state index in [4.69, 9.17) is 23.9 Å². The lowest BCUT2D eigenvalue weighted by Gasteiger charge is -2.17. The van der Waals surface area contributed by atoms with Gasteiger partial charge in [-0.2, -0.15) is 0 Å². The minimum absolute atomic E-state index is 0.00416. The Balaban J connectivity index is 2.82. The minimum atomic E-state index is -0.706. The van der Waals surface area contributed by atoms with Crippen molar-refractivity contribution < 1.29 is 14.7 Å². The lowest BCUT2D eigenvalue weighted by molar-refractivity contribution is -0.120. The van der Waals surface area contributed by atoms with Crippen molar-refractivity contribution in [3.63, 3.8) is 0 Å². The van der Waals surface area contributed by atoms with Crippen LogP contribution in [0.5, 0.6) is 5.75 Å². The third kappa shape index (κ3) is 3.23. The number of carbonyl (C=O) groups excluding carboxylic acids is 2. The number of hydrogen-bond acceptors (Lipinski definition) is 6. The molecule has 0 saturated carbocycles. The Morgan fingerprint density at radius 1 is 1.39 bits per heavy atom. The zero-order valence-corrected chi connectivity index (χ0v) is 10.1. The summed E-state index contributed by atoms with van der Waals surface area (Å²) in [6.45, 7) is 0. The van der Waals surface area contributed by atoms with E-state index in [1.165, 1.54) is 12.1 Å². The van der Waals surface area contributed by atoms with Crippen LogP contribution >= 0.6 is 12.2 Å².